The lowest BCUT2D eigenvalue weighted by molar-refractivity contribution is -0.118. The maximum absolute atomic E-state index is 11.8. The fourth-order valence-corrected chi connectivity index (χ4v) is 3.15. The van der Waals surface area contributed by atoms with Gasteiger partial charge in [0.25, 0.3) is 0 Å². The summed E-state index contributed by atoms with van der Waals surface area (Å²) in [4.78, 5) is 15.2. The van der Waals surface area contributed by atoms with Gasteiger partial charge in [-0.2, -0.15) is 5.10 Å². The number of thiophene rings is 1. The van der Waals surface area contributed by atoms with E-state index in [-0.39, 0.29) is 5.91 Å². The average molecular weight is 318 g/mol. The first-order chi connectivity index (χ1) is 10.0. The summed E-state index contributed by atoms with van der Waals surface area (Å²) in [7, 11) is 0. The number of hydrogen-bond donors (Lipinski definition) is 1. The van der Waals surface area contributed by atoms with Crippen molar-refractivity contribution in [2.75, 3.05) is 5.75 Å². The Bertz CT molecular complexity index is 645. The van der Waals surface area contributed by atoms with Crippen molar-refractivity contribution in [3.05, 3.63) is 51.7 Å². The molecule has 1 N–H and O–H groups in total. The van der Waals surface area contributed by atoms with Gasteiger partial charge in [0, 0.05) is 9.77 Å². The van der Waals surface area contributed by atoms with Crippen LogP contribution in [0.5, 0.6) is 0 Å². The largest absolute Gasteiger partial charge is 0.272 e. The van der Waals surface area contributed by atoms with Crippen molar-refractivity contribution in [1.29, 1.82) is 0 Å². The highest BCUT2D eigenvalue weighted by molar-refractivity contribution is 8.00. The minimum absolute atomic E-state index is 0.0896. The Labute approximate surface area is 133 Å². The van der Waals surface area contributed by atoms with Crippen LogP contribution in [0.1, 0.15) is 22.2 Å². The predicted molar refractivity (Wildman–Crippen MR) is 91.3 cm³/mol. The molecule has 1 amide bonds. The minimum Gasteiger partial charge on any atom is -0.272 e. The van der Waals surface area contributed by atoms with Gasteiger partial charge >= 0.3 is 0 Å². The molecule has 3 nitrogen and oxygen atoms in total. The number of carbonyl (C=O) groups excluding carboxylic acids is 1. The fourth-order valence-electron chi connectivity index (χ4n) is 1.65. The molecule has 0 radical (unpaired) electrons. The zero-order chi connectivity index (χ0) is 15.2. The molecule has 0 unspecified atom stereocenters. The summed E-state index contributed by atoms with van der Waals surface area (Å²) >= 11 is 3.18. The maximum Gasteiger partial charge on any atom is 0.250 e. The molecule has 2 aromatic rings. The van der Waals surface area contributed by atoms with Crippen molar-refractivity contribution in [2.45, 2.75) is 25.7 Å². The molecule has 21 heavy (non-hydrogen) atoms. The monoisotopic (exact) mass is 318 g/mol. The van der Waals surface area contributed by atoms with Crippen LogP contribution in [0.4, 0.5) is 0 Å². The van der Waals surface area contributed by atoms with E-state index in [9.17, 15) is 4.79 Å². The Kier molecular flexibility index (Phi) is 5.59. The first-order valence-corrected chi connectivity index (χ1v) is 8.44. The molecule has 0 saturated heterocycles. The Morgan fingerprint density at radius 1 is 1.19 bits per heavy atom. The molecule has 1 heterocycles. The van der Waals surface area contributed by atoms with E-state index in [1.165, 1.54) is 22.2 Å². The van der Waals surface area contributed by atoms with Crippen LogP contribution in [0, 0.1) is 13.8 Å². The summed E-state index contributed by atoms with van der Waals surface area (Å²) in [5.74, 6) is 0.275. The Balaban J connectivity index is 1.83. The van der Waals surface area contributed by atoms with Crippen LogP contribution in [0.3, 0.4) is 0 Å². The second-order valence-corrected chi connectivity index (χ2v) is 7.08. The molecule has 0 fully saturated rings. The van der Waals surface area contributed by atoms with Gasteiger partial charge in [-0.05, 0) is 45.0 Å². The highest BCUT2D eigenvalue weighted by Crippen LogP contribution is 2.18. The molecule has 0 spiro atoms. The zero-order valence-corrected chi connectivity index (χ0v) is 14.0. The quantitative estimate of drug-likeness (QED) is 0.514. The SMILES string of the molecule is C/C(=N/NC(=O)CSc1ccc(C)cc1)c1ccc(C)s1. The van der Waals surface area contributed by atoms with Gasteiger partial charge in [-0.3, -0.25) is 4.79 Å². The van der Waals surface area contributed by atoms with Crippen LogP contribution in [0.25, 0.3) is 0 Å². The molecule has 0 saturated carbocycles. The Morgan fingerprint density at radius 3 is 2.52 bits per heavy atom. The number of carbonyl (C=O) groups is 1. The van der Waals surface area contributed by atoms with E-state index < -0.39 is 0 Å². The Morgan fingerprint density at radius 2 is 1.90 bits per heavy atom. The van der Waals surface area contributed by atoms with Crippen LogP contribution in [0.2, 0.25) is 0 Å². The first-order valence-electron chi connectivity index (χ1n) is 6.64. The van der Waals surface area contributed by atoms with Crippen LogP contribution < -0.4 is 5.43 Å². The van der Waals surface area contributed by atoms with Crippen LogP contribution in [0.15, 0.2) is 46.4 Å². The van der Waals surface area contributed by atoms with E-state index in [4.69, 9.17) is 0 Å². The summed E-state index contributed by atoms with van der Waals surface area (Å²) in [5, 5.41) is 4.15. The average Bonchev–Trinajstić information content (AvgIpc) is 2.91. The molecule has 0 aliphatic rings. The number of nitrogens with zero attached hydrogens (tertiary/aromatic N) is 1. The molecule has 0 aliphatic heterocycles. The molecule has 2 rings (SSSR count). The summed E-state index contributed by atoms with van der Waals surface area (Å²) in [6.45, 7) is 6.00. The minimum atomic E-state index is -0.0896. The summed E-state index contributed by atoms with van der Waals surface area (Å²) in [5.41, 5.74) is 4.66. The van der Waals surface area contributed by atoms with E-state index in [0.29, 0.717) is 5.75 Å². The van der Waals surface area contributed by atoms with Gasteiger partial charge in [-0.15, -0.1) is 23.1 Å². The van der Waals surface area contributed by atoms with Crippen molar-refractivity contribution in [3.63, 3.8) is 0 Å². The summed E-state index contributed by atoms with van der Waals surface area (Å²) < 4.78 is 0. The molecule has 1 aromatic heterocycles. The lowest BCUT2D eigenvalue weighted by atomic mass is 10.2. The van der Waals surface area contributed by atoms with E-state index in [0.717, 1.165) is 15.5 Å². The van der Waals surface area contributed by atoms with Gasteiger partial charge in [-0.25, -0.2) is 5.43 Å². The van der Waals surface area contributed by atoms with E-state index in [1.54, 1.807) is 11.3 Å². The van der Waals surface area contributed by atoms with Gasteiger partial charge in [0.1, 0.15) is 0 Å². The molecule has 5 heteroatoms. The van der Waals surface area contributed by atoms with Gasteiger partial charge in [0.05, 0.1) is 16.3 Å². The molecule has 0 bridgehead atoms. The topological polar surface area (TPSA) is 41.5 Å². The van der Waals surface area contributed by atoms with Gasteiger partial charge < -0.3 is 0 Å². The van der Waals surface area contributed by atoms with Crippen LogP contribution >= 0.6 is 23.1 Å². The third-order valence-corrected chi connectivity index (χ3v) is 4.96. The maximum atomic E-state index is 11.8. The van der Waals surface area contributed by atoms with Crippen LogP contribution in [-0.4, -0.2) is 17.4 Å². The van der Waals surface area contributed by atoms with E-state index in [1.807, 2.05) is 50.2 Å². The number of hydrazone groups is 1. The smallest absolute Gasteiger partial charge is 0.250 e. The van der Waals surface area contributed by atoms with E-state index >= 15 is 0 Å². The van der Waals surface area contributed by atoms with Gasteiger partial charge in [0.15, 0.2) is 0 Å². The fraction of sp³-hybridized carbons (Fsp3) is 0.250. The lowest BCUT2D eigenvalue weighted by Gasteiger charge is -2.02. The van der Waals surface area contributed by atoms with Crippen molar-refractivity contribution in [2.24, 2.45) is 5.10 Å². The number of benzene rings is 1. The Hall–Kier alpha value is -1.59. The third kappa shape index (κ3) is 5.02. The number of nitrogens with one attached hydrogen (secondary N) is 1. The molecule has 110 valence electrons. The summed E-state index contributed by atoms with van der Waals surface area (Å²) in [6.07, 6.45) is 0. The van der Waals surface area contributed by atoms with E-state index in [2.05, 4.69) is 17.5 Å². The highest BCUT2D eigenvalue weighted by Gasteiger charge is 2.04. The standard InChI is InChI=1S/C16H18N2OS2/c1-11-4-7-14(8-5-11)20-10-16(19)18-17-13(3)15-9-6-12(2)21-15/h4-9H,10H2,1-3H3,(H,18,19)/b17-13-. The van der Waals surface area contributed by atoms with Crippen molar-refractivity contribution in [3.8, 4) is 0 Å². The highest BCUT2D eigenvalue weighted by atomic mass is 32.2. The number of aryl methyl sites for hydroxylation is 2. The molecular formula is C16H18N2OS2. The molecular weight excluding hydrogens is 300 g/mol. The second-order valence-electron chi connectivity index (χ2n) is 4.74. The van der Waals surface area contributed by atoms with Crippen molar-refractivity contribution >= 4 is 34.7 Å². The number of rotatable bonds is 5. The van der Waals surface area contributed by atoms with Crippen molar-refractivity contribution in [1.82, 2.24) is 5.43 Å². The number of hydrogen-bond acceptors (Lipinski definition) is 4. The summed E-state index contributed by atoms with van der Waals surface area (Å²) in [6, 6.07) is 12.2. The predicted octanol–water partition coefficient (Wildman–Crippen LogP) is 4.00. The van der Waals surface area contributed by atoms with Crippen molar-refractivity contribution < 1.29 is 4.79 Å². The molecule has 1 aromatic carbocycles. The van der Waals surface area contributed by atoms with Crippen LogP contribution in [-0.2, 0) is 4.79 Å². The molecule has 0 aliphatic carbocycles. The number of amides is 1. The zero-order valence-electron chi connectivity index (χ0n) is 12.3. The van der Waals surface area contributed by atoms with Gasteiger partial charge in [0.2, 0.25) is 5.91 Å². The lowest BCUT2D eigenvalue weighted by Crippen LogP contribution is -2.20. The second kappa shape index (κ2) is 7.43. The first kappa shape index (κ1) is 15.8. The third-order valence-electron chi connectivity index (χ3n) is 2.84. The van der Waals surface area contributed by atoms with Gasteiger partial charge in [-0.1, -0.05) is 17.7 Å². The normalized spacial score (nSPS) is 11.5. The number of thioether (sulfide) groups is 1. The molecule has 0 atom stereocenters.